The van der Waals surface area contributed by atoms with Gasteiger partial charge in [0.15, 0.2) is 11.5 Å². The van der Waals surface area contributed by atoms with Gasteiger partial charge in [-0.05, 0) is 28.1 Å². The maximum Gasteiger partial charge on any atom is 0.229 e. The van der Waals surface area contributed by atoms with E-state index >= 15 is 0 Å². The number of fused-ring (bicyclic) bond motifs is 3. The van der Waals surface area contributed by atoms with Crippen molar-refractivity contribution in [1.82, 2.24) is 24.9 Å². The molecule has 0 bridgehead atoms. The lowest BCUT2D eigenvalue weighted by atomic mass is 10.2. The maximum atomic E-state index is 14.4. The van der Waals surface area contributed by atoms with Gasteiger partial charge in [0, 0.05) is 26.2 Å². The molecule has 9 heteroatoms. The fraction of sp³-hybridized carbons (Fsp3) is 0.308. The summed E-state index contributed by atoms with van der Waals surface area (Å²) >= 11 is 3.21. The summed E-state index contributed by atoms with van der Waals surface area (Å²) in [5, 5.41) is 7.90. The highest BCUT2D eigenvalue weighted by atomic mass is 79.9. The first-order valence-corrected chi connectivity index (χ1v) is 7.48. The van der Waals surface area contributed by atoms with Gasteiger partial charge in [0.1, 0.15) is 6.33 Å². The molecule has 116 valence electrons. The third kappa shape index (κ3) is 2.31. The maximum absolute atomic E-state index is 14.4. The van der Waals surface area contributed by atoms with E-state index in [0.717, 1.165) is 26.2 Å². The van der Waals surface area contributed by atoms with E-state index in [2.05, 4.69) is 41.2 Å². The highest BCUT2D eigenvalue weighted by Crippen LogP contribution is 2.28. The molecule has 3 aromatic rings. The molecule has 1 aromatic carbocycles. The Morgan fingerprint density at radius 1 is 1.23 bits per heavy atom. The Kier molecular flexibility index (Phi) is 4.16. The molecule has 0 aliphatic carbocycles. The number of aromatic nitrogens is 4. The van der Waals surface area contributed by atoms with Crippen molar-refractivity contribution < 1.29 is 4.39 Å². The zero-order valence-electron chi connectivity index (χ0n) is 11.5. The number of anilines is 1. The predicted molar refractivity (Wildman–Crippen MR) is 88.3 cm³/mol. The predicted octanol–water partition coefficient (Wildman–Crippen LogP) is 2.01. The summed E-state index contributed by atoms with van der Waals surface area (Å²) in [6, 6.07) is 3.46. The molecule has 3 heterocycles. The van der Waals surface area contributed by atoms with E-state index < -0.39 is 0 Å². The lowest BCUT2D eigenvalue weighted by Crippen LogP contribution is -2.44. The lowest BCUT2D eigenvalue weighted by Gasteiger charge is -2.28. The number of rotatable bonds is 1. The van der Waals surface area contributed by atoms with E-state index in [-0.39, 0.29) is 18.2 Å². The molecule has 0 atom stereocenters. The number of halogens is 3. The van der Waals surface area contributed by atoms with Crippen molar-refractivity contribution in [3.05, 3.63) is 28.7 Å². The van der Waals surface area contributed by atoms with Crippen LogP contribution in [0.2, 0.25) is 0 Å². The summed E-state index contributed by atoms with van der Waals surface area (Å²) in [6.07, 6.45) is 1.43. The van der Waals surface area contributed by atoms with E-state index in [1.54, 1.807) is 16.6 Å². The minimum Gasteiger partial charge on any atom is -0.338 e. The van der Waals surface area contributed by atoms with Gasteiger partial charge < -0.3 is 10.2 Å². The van der Waals surface area contributed by atoms with Crippen molar-refractivity contribution in [2.45, 2.75) is 0 Å². The summed E-state index contributed by atoms with van der Waals surface area (Å²) in [5.41, 5.74) is 1.08. The number of nitrogens with zero attached hydrogens (tertiary/aromatic N) is 5. The summed E-state index contributed by atoms with van der Waals surface area (Å²) in [6.45, 7) is 3.47. The van der Waals surface area contributed by atoms with Crippen LogP contribution in [0.15, 0.2) is 22.9 Å². The van der Waals surface area contributed by atoms with Crippen molar-refractivity contribution >= 4 is 50.8 Å². The Morgan fingerprint density at radius 3 is 2.77 bits per heavy atom. The van der Waals surface area contributed by atoms with E-state index in [1.165, 1.54) is 6.33 Å². The van der Waals surface area contributed by atoms with Gasteiger partial charge in [-0.2, -0.15) is 9.61 Å². The van der Waals surface area contributed by atoms with Crippen molar-refractivity contribution in [2.24, 2.45) is 0 Å². The largest absolute Gasteiger partial charge is 0.338 e. The molecule has 2 aromatic heterocycles. The quantitative estimate of drug-likeness (QED) is 0.692. The Bertz CT molecular complexity index is 832. The van der Waals surface area contributed by atoms with Crippen molar-refractivity contribution in [1.29, 1.82) is 0 Å². The molecule has 0 spiro atoms. The highest BCUT2D eigenvalue weighted by molar-refractivity contribution is 9.10. The molecule has 4 rings (SSSR count). The molecular weight excluding hydrogens is 375 g/mol. The van der Waals surface area contributed by atoms with Crippen LogP contribution in [0.3, 0.4) is 0 Å². The first-order valence-electron chi connectivity index (χ1n) is 6.69. The van der Waals surface area contributed by atoms with Crippen LogP contribution in [-0.2, 0) is 0 Å². The van der Waals surface area contributed by atoms with Crippen LogP contribution in [0.5, 0.6) is 0 Å². The molecule has 1 fully saturated rings. The fourth-order valence-electron chi connectivity index (χ4n) is 2.63. The first kappa shape index (κ1) is 15.4. The van der Waals surface area contributed by atoms with E-state index in [1.807, 2.05) is 0 Å². The smallest absolute Gasteiger partial charge is 0.229 e. The molecule has 1 aliphatic heterocycles. The number of benzene rings is 1. The minimum absolute atomic E-state index is 0. The molecule has 0 radical (unpaired) electrons. The van der Waals surface area contributed by atoms with E-state index in [0.29, 0.717) is 27.0 Å². The van der Waals surface area contributed by atoms with Crippen LogP contribution in [0.25, 0.3) is 16.6 Å². The molecule has 0 amide bonds. The monoisotopic (exact) mass is 386 g/mol. The zero-order chi connectivity index (χ0) is 14.4. The molecule has 0 unspecified atom stereocenters. The van der Waals surface area contributed by atoms with Crippen molar-refractivity contribution in [3.63, 3.8) is 0 Å². The van der Waals surface area contributed by atoms with Crippen molar-refractivity contribution in [2.75, 3.05) is 31.1 Å². The SMILES string of the molecule is Cl.Fc1c(Br)ccc2nc(N3CCNCC3)n3ncnc3c12. The van der Waals surface area contributed by atoms with Gasteiger partial charge in [-0.25, -0.2) is 14.4 Å². The van der Waals surface area contributed by atoms with Crippen LogP contribution >= 0.6 is 28.3 Å². The summed E-state index contributed by atoms with van der Waals surface area (Å²) in [7, 11) is 0. The number of hydrogen-bond acceptors (Lipinski definition) is 5. The number of nitrogens with one attached hydrogen (secondary N) is 1. The first-order chi connectivity index (χ1) is 10.3. The molecule has 1 aliphatic rings. The van der Waals surface area contributed by atoms with Crippen LogP contribution in [0.4, 0.5) is 10.3 Å². The molecule has 22 heavy (non-hydrogen) atoms. The Morgan fingerprint density at radius 2 is 2.00 bits per heavy atom. The zero-order valence-corrected chi connectivity index (χ0v) is 13.9. The average molecular weight is 388 g/mol. The van der Waals surface area contributed by atoms with Gasteiger partial charge >= 0.3 is 0 Å². The second-order valence-corrected chi connectivity index (χ2v) is 5.75. The van der Waals surface area contributed by atoms with Gasteiger partial charge in [0.25, 0.3) is 0 Å². The Balaban J connectivity index is 0.00000144. The molecule has 0 saturated carbocycles. The van der Waals surface area contributed by atoms with Gasteiger partial charge in [0.2, 0.25) is 5.95 Å². The lowest BCUT2D eigenvalue weighted by molar-refractivity contribution is 0.574. The van der Waals surface area contributed by atoms with E-state index in [9.17, 15) is 4.39 Å². The topological polar surface area (TPSA) is 58.4 Å². The van der Waals surface area contributed by atoms with Crippen LogP contribution in [0, 0.1) is 5.82 Å². The van der Waals surface area contributed by atoms with Crippen LogP contribution < -0.4 is 10.2 Å². The average Bonchev–Trinajstić information content (AvgIpc) is 3.00. The third-order valence-electron chi connectivity index (χ3n) is 3.65. The highest BCUT2D eigenvalue weighted by Gasteiger charge is 2.20. The second-order valence-electron chi connectivity index (χ2n) is 4.90. The molecular formula is C13H13BrClFN6. The van der Waals surface area contributed by atoms with Gasteiger partial charge in [-0.1, -0.05) is 0 Å². The van der Waals surface area contributed by atoms with Gasteiger partial charge in [-0.3, -0.25) is 0 Å². The van der Waals surface area contributed by atoms with Crippen LogP contribution in [0.1, 0.15) is 0 Å². The minimum atomic E-state index is -0.357. The summed E-state index contributed by atoms with van der Waals surface area (Å²) < 4.78 is 16.4. The fourth-order valence-corrected chi connectivity index (χ4v) is 2.96. The Labute approximate surface area is 140 Å². The third-order valence-corrected chi connectivity index (χ3v) is 4.27. The van der Waals surface area contributed by atoms with E-state index in [4.69, 9.17) is 0 Å². The number of hydrogen-bond donors (Lipinski definition) is 1. The van der Waals surface area contributed by atoms with Gasteiger partial charge in [0.05, 0.1) is 15.4 Å². The standard InChI is InChI=1S/C13H12BrFN6.ClH/c14-8-1-2-9-10(11(8)15)12-17-7-18-21(12)13(19-9)20-5-3-16-4-6-20;/h1-2,7,16H,3-6H2;1H. The normalized spacial score (nSPS) is 15.3. The van der Waals surface area contributed by atoms with Crippen molar-refractivity contribution in [3.8, 4) is 0 Å². The molecule has 1 saturated heterocycles. The summed E-state index contributed by atoms with van der Waals surface area (Å²) in [4.78, 5) is 10.9. The summed E-state index contributed by atoms with van der Waals surface area (Å²) in [5.74, 6) is 0.350. The Hall–Kier alpha value is -1.51. The second kappa shape index (κ2) is 5.94. The molecule has 6 nitrogen and oxygen atoms in total. The molecule has 1 N–H and O–H groups in total. The number of piperazine rings is 1. The van der Waals surface area contributed by atoms with Gasteiger partial charge in [-0.15, -0.1) is 12.4 Å². The van der Waals surface area contributed by atoms with Crippen LogP contribution in [-0.4, -0.2) is 45.8 Å².